The Hall–Kier alpha value is -1.68. The first kappa shape index (κ1) is 13.0. The molecule has 1 aromatic rings. The van der Waals surface area contributed by atoms with Crippen molar-refractivity contribution >= 4 is 6.08 Å². The third-order valence-electron chi connectivity index (χ3n) is 6.50. The molecule has 4 rings (SSSR count). The van der Waals surface area contributed by atoms with Crippen LogP contribution in [0.15, 0.2) is 24.3 Å². The average Bonchev–Trinajstić information content (AvgIpc) is 2.83. The highest BCUT2D eigenvalue weighted by molar-refractivity contribution is 5.61. The lowest BCUT2D eigenvalue weighted by Crippen LogP contribution is -2.40. The minimum Gasteiger partial charge on any atom is -0.508 e. The number of fused-ring (bicyclic) bond motifs is 5. The molecule has 108 valence electrons. The fourth-order valence-corrected chi connectivity index (χ4v) is 5.36. The quantitative estimate of drug-likeness (QED) is 0.689. The second kappa shape index (κ2) is 4.41. The number of phenols is 1. The Labute approximate surface area is 127 Å². The molecule has 1 heteroatoms. The Morgan fingerprint density at radius 3 is 2.95 bits per heavy atom. The van der Waals surface area contributed by atoms with Gasteiger partial charge in [0.25, 0.3) is 0 Å². The van der Waals surface area contributed by atoms with E-state index in [0.717, 1.165) is 5.92 Å². The summed E-state index contributed by atoms with van der Waals surface area (Å²) in [5.41, 5.74) is 2.95. The molecule has 0 aromatic heterocycles. The SMILES string of the molecule is C#CC1CCC2C3C=Cc4cc(O)ccc4C3CCC12C. The largest absolute Gasteiger partial charge is 0.508 e. The van der Waals surface area contributed by atoms with Crippen LogP contribution in [0.25, 0.3) is 6.08 Å². The van der Waals surface area contributed by atoms with Crippen LogP contribution in [0.4, 0.5) is 0 Å². The third-order valence-corrected chi connectivity index (χ3v) is 6.50. The summed E-state index contributed by atoms with van der Waals surface area (Å²) in [6.07, 6.45) is 15.3. The number of hydrogen-bond donors (Lipinski definition) is 1. The van der Waals surface area contributed by atoms with E-state index < -0.39 is 0 Å². The maximum Gasteiger partial charge on any atom is 0.116 e. The van der Waals surface area contributed by atoms with Crippen molar-refractivity contribution in [3.63, 3.8) is 0 Å². The van der Waals surface area contributed by atoms with Crippen LogP contribution in [-0.4, -0.2) is 5.11 Å². The molecule has 2 fully saturated rings. The second-order valence-electron chi connectivity index (χ2n) is 7.30. The first-order chi connectivity index (χ1) is 10.1. The van der Waals surface area contributed by atoms with Gasteiger partial charge in [-0.05, 0) is 72.1 Å². The van der Waals surface area contributed by atoms with Gasteiger partial charge in [0.05, 0.1) is 0 Å². The normalized spacial score (nSPS) is 40.0. The number of benzene rings is 1. The molecule has 0 bridgehead atoms. The lowest BCUT2D eigenvalue weighted by atomic mass is 9.56. The minimum atomic E-state index is 0.328. The van der Waals surface area contributed by atoms with Gasteiger partial charge in [-0.25, -0.2) is 0 Å². The van der Waals surface area contributed by atoms with Gasteiger partial charge >= 0.3 is 0 Å². The van der Waals surface area contributed by atoms with Crippen molar-refractivity contribution in [2.75, 3.05) is 0 Å². The highest BCUT2D eigenvalue weighted by atomic mass is 16.3. The standard InChI is InChI=1S/C20H22O/c1-3-14-5-9-19-18-7-4-13-12-15(21)6-8-16(13)17(18)10-11-20(14,19)2/h1,4,6-8,12,14,17-19,21H,5,9-11H2,2H3. The number of phenolic OH excluding ortho intramolecular Hbond substituents is 1. The van der Waals surface area contributed by atoms with Gasteiger partial charge in [-0.3, -0.25) is 0 Å². The van der Waals surface area contributed by atoms with E-state index in [4.69, 9.17) is 6.42 Å². The number of aromatic hydroxyl groups is 1. The third kappa shape index (κ3) is 1.72. The van der Waals surface area contributed by atoms with E-state index >= 15 is 0 Å². The summed E-state index contributed by atoms with van der Waals surface area (Å²) in [5.74, 6) is 5.85. The Kier molecular flexibility index (Phi) is 2.73. The van der Waals surface area contributed by atoms with E-state index in [1.165, 1.54) is 36.8 Å². The lowest BCUT2D eigenvalue weighted by Gasteiger charge is -2.48. The average molecular weight is 278 g/mol. The molecule has 5 atom stereocenters. The van der Waals surface area contributed by atoms with Gasteiger partial charge < -0.3 is 5.11 Å². The van der Waals surface area contributed by atoms with E-state index in [9.17, 15) is 5.11 Å². The zero-order valence-electron chi connectivity index (χ0n) is 12.5. The maximum absolute atomic E-state index is 9.69. The lowest BCUT2D eigenvalue weighted by molar-refractivity contribution is 0.0740. The molecular formula is C20H22O. The topological polar surface area (TPSA) is 20.2 Å². The fourth-order valence-electron chi connectivity index (χ4n) is 5.36. The zero-order valence-corrected chi connectivity index (χ0v) is 12.5. The van der Waals surface area contributed by atoms with Crippen molar-refractivity contribution in [3.05, 3.63) is 35.4 Å². The minimum absolute atomic E-state index is 0.328. The molecule has 3 aliphatic carbocycles. The van der Waals surface area contributed by atoms with Crippen molar-refractivity contribution in [1.29, 1.82) is 0 Å². The molecule has 0 aliphatic heterocycles. The van der Waals surface area contributed by atoms with E-state index in [2.05, 4.69) is 31.1 Å². The summed E-state index contributed by atoms with van der Waals surface area (Å²) in [4.78, 5) is 0. The van der Waals surface area contributed by atoms with Gasteiger partial charge in [0, 0.05) is 5.92 Å². The van der Waals surface area contributed by atoms with Crippen LogP contribution in [0, 0.1) is 35.5 Å². The van der Waals surface area contributed by atoms with Crippen molar-refractivity contribution in [1.82, 2.24) is 0 Å². The molecule has 0 amide bonds. The van der Waals surface area contributed by atoms with Gasteiger partial charge in [0.1, 0.15) is 5.75 Å². The molecule has 5 unspecified atom stereocenters. The van der Waals surface area contributed by atoms with Gasteiger partial charge in [0.2, 0.25) is 0 Å². The van der Waals surface area contributed by atoms with Gasteiger partial charge in [-0.15, -0.1) is 12.3 Å². The molecule has 0 heterocycles. The molecule has 0 radical (unpaired) electrons. The molecule has 1 N–H and O–H groups in total. The number of allylic oxidation sites excluding steroid dienone is 1. The van der Waals surface area contributed by atoms with Crippen molar-refractivity contribution in [2.45, 2.75) is 38.5 Å². The smallest absolute Gasteiger partial charge is 0.116 e. The van der Waals surface area contributed by atoms with Gasteiger partial charge in [-0.2, -0.15) is 0 Å². The van der Waals surface area contributed by atoms with E-state index in [1.54, 1.807) is 0 Å². The van der Waals surface area contributed by atoms with Gasteiger partial charge in [-0.1, -0.05) is 25.1 Å². The zero-order chi connectivity index (χ0) is 14.6. The van der Waals surface area contributed by atoms with Crippen LogP contribution in [0.3, 0.4) is 0 Å². The molecule has 2 saturated carbocycles. The van der Waals surface area contributed by atoms with Crippen LogP contribution in [0.1, 0.15) is 49.7 Å². The molecule has 0 spiro atoms. The molecule has 0 saturated heterocycles. The Morgan fingerprint density at radius 2 is 2.14 bits per heavy atom. The Morgan fingerprint density at radius 1 is 1.29 bits per heavy atom. The number of terminal acetylenes is 1. The number of rotatable bonds is 0. The Balaban J connectivity index is 1.74. The van der Waals surface area contributed by atoms with Crippen LogP contribution in [-0.2, 0) is 0 Å². The fraction of sp³-hybridized carbons (Fsp3) is 0.500. The van der Waals surface area contributed by atoms with Crippen LogP contribution >= 0.6 is 0 Å². The first-order valence-corrected chi connectivity index (χ1v) is 8.11. The van der Waals surface area contributed by atoms with Crippen LogP contribution in [0.5, 0.6) is 5.75 Å². The molecule has 3 aliphatic rings. The van der Waals surface area contributed by atoms with Crippen molar-refractivity contribution in [3.8, 4) is 18.1 Å². The number of hydrogen-bond acceptors (Lipinski definition) is 1. The van der Waals surface area contributed by atoms with Crippen molar-refractivity contribution < 1.29 is 5.11 Å². The summed E-state index contributed by atoms with van der Waals surface area (Å²) < 4.78 is 0. The summed E-state index contributed by atoms with van der Waals surface area (Å²) in [7, 11) is 0. The van der Waals surface area contributed by atoms with Gasteiger partial charge in [0.15, 0.2) is 0 Å². The highest BCUT2D eigenvalue weighted by Crippen LogP contribution is 2.62. The predicted octanol–water partition coefficient (Wildman–Crippen LogP) is 4.58. The van der Waals surface area contributed by atoms with Crippen molar-refractivity contribution in [2.24, 2.45) is 23.2 Å². The van der Waals surface area contributed by atoms with E-state index in [0.29, 0.717) is 28.9 Å². The predicted molar refractivity (Wildman–Crippen MR) is 85.8 cm³/mol. The second-order valence-corrected chi connectivity index (χ2v) is 7.30. The van der Waals surface area contributed by atoms with Crippen LogP contribution < -0.4 is 0 Å². The van der Waals surface area contributed by atoms with Crippen LogP contribution in [0.2, 0.25) is 0 Å². The first-order valence-electron chi connectivity index (χ1n) is 8.11. The summed E-state index contributed by atoms with van der Waals surface area (Å²) >= 11 is 0. The monoisotopic (exact) mass is 278 g/mol. The summed E-state index contributed by atoms with van der Waals surface area (Å²) in [5, 5.41) is 9.69. The molecular weight excluding hydrogens is 256 g/mol. The molecule has 1 aromatic carbocycles. The molecule has 21 heavy (non-hydrogen) atoms. The van der Waals surface area contributed by atoms with E-state index in [-0.39, 0.29) is 0 Å². The maximum atomic E-state index is 9.69. The Bertz CT molecular complexity index is 650. The summed E-state index contributed by atoms with van der Waals surface area (Å²) in [6, 6.07) is 5.86. The summed E-state index contributed by atoms with van der Waals surface area (Å²) in [6.45, 7) is 2.42. The highest BCUT2D eigenvalue weighted by Gasteiger charge is 2.53. The van der Waals surface area contributed by atoms with E-state index in [1.807, 2.05) is 12.1 Å². The molecule has 1 nitrogen and oxygen atoms in total.